The Labute approximate surface area is 98.7 Å². The fourth-order valence-electron chi connectivity index (χ4n) is 1.59. The monoisotopic (exact) mass is 243 g/mol. The number of nitrogens with one attached hydrogen (secondary N) is 1. The molecule has 1 heterocycles. The van der Waals surface area contributed by atoms with Gasteiger partial charge in [0.2, 0.25) is 0 Å². The normalized spacial score (nSPS) is 24.6. The molecule has 94 valence electrons. The van der Waals surface area contributed by atoms with Gasteiger partial charge in [-0.25, -0.2) is 8.78 Å². The van der Waals surface area contributed by atoms with E-state index in [0.717, 1.165) is 12.1 Å². The summed E-state index contributed by atoms with van der Waals surface area (Å²) >= 11 is 0. The van der Waals surface area contributed by atoms with Gasteiger partial charge in [0.1, 0.15) is 18.5 Å². The molecular weight excluding hydrogens is 228 g/mol. The Balaban J connectivity index is 1.83. The van der Waals surface area contributed by atoms with Crippen LogP contribution < -0.4 is 10.1 Å². The number of ether oxygens (including phenoxy) is 2. The summed E-state index contributed by atoms with van der Waals surface area (Å²) in [6.07, 6.45) is -0.0562. The van der Waals surface area contributed by atoms with Gasteiger partial charge in [-0.05, 0) is 19.1 Å². The van der Waals surface area contributed by atoms with E-state index in [2.05, 4.69) is 5.32 Å². The summed E-state index contributed by atoms with van der Waals surface area (Å²) in [6.45, 7) is 3.69. The van der Waals surface area contributed by atoms with Gasteiger partial charge in [-0.2, -0.15) is 0 Å². The van der Waals surface area contributed by atoms with E-state index in [0.29, 0.717) is 31.5 Å². The fourth-order valence-corrected chi connectivity index (χ4v) is 1.59. The van der Waals surface area contributed by atoms with Gasteiger partial charge in [0, 0.05) is 18.7 Å². The first-order valence-corrected chi connectivity index (χ1v) is 5.58. The third-order valence-corrected chi connectivity index (χ3v) is 2.60. The Hall–Kier alpha value is -1.20. The fraction of sp³-hybridized carbons (Fsp3) is 0.500. The molecule has 0 spiro atoms. The minimum Gasteiger partial charge on any atom is -0.491 e. The highest BCUT2D eigenvalue weighted by Crippen LogP contribution is 2.16. The van der Waals surface area contributed by atoms with Gasteiger partial charge in [-0.3, -0.25) is 0 Å². The van der Waals surface area contributed by atoms with Crippen molar-refractivity contribution in [2.45, 2.75) is 19.1 Å². The van der Waals surface area contributed by atoms with Gasteiger partial charge < -0.3 is 14.8 Å². The zero-order valence-electron chi connectivity index (χ0n) is 9.58. The summed E-state index contributed by atoms with van der Waals surface area (Å²) in [6, 6.07) is 3.83. The van der Waals surface area contributed by atoms with Crippen molar-refractivity contribution in [3.8, 4) is 5.75 Å². The summed E-state index contributed by atoms with van der Waals surface area (Å²) in [5.41, 5.74) is 0. The van der Waals surface area contributed by atoms with Crippen LogP contribution in [0.15, 0.2) is 18.2 Å². The molecular formula is C12H15F2NO2. The summed E-state index contributed by atoms with van der Waals surface area (Å²) < 4.78 is 36.4. The molecule has 1 aliphatic heterocycles. The maximum Gasteiger partial charge on any atom is 0.162 e. The lowest BCUT2D eigenvalue weighted by Gasteiger charge is -2.28. The Morgan fingerprint density at radius 1 is 1.41 bits per heavy atom. The van der Waals surface area contributed by atoms with Crippen molar-refractivity contribution in [3.05, 3.63) is 29.8 Å². The zero-order chi connectivity index (χ0) is 12.3. The standard InChI is InChI=1S/C12H15F2NO2/c1-8-6-16-10(5-15-8)7-17-9-2-3-11(13)12(14)4-9/h2-4,8,10,15H,5-7H2,1H3. The topological polar surface area (TPSA) is 30.5 Å². The van der Waals surface area contributed by atoms with E-state index >= 15 is 0 Å². The molecule has 0 radical (unpaired) electrons. The molecule has 2 unspecified atom stereocenters. The maximum absolute atomic E-state index is 12.9. The van der Waals surface area contributed by atoms with Crippen molar-refractivity contribution >= 4 is 0 Å². The van der Waals surface area contributed by atoms with Crippen LogP contribution in [0.2, 0.25) is 0 Å². The lowest BCUT2D eigenvalue weighted by atomic mass is 10.2. The van der Waals surface area contributed by atoms with Crippen molar-refractivity contribution in [3.63, 3.8) is 0 Å². The van der Waals surface area contributed by atoms with E-state index in [1.54, 1.807) is 0 Å². The second-order valence-corrected chi connectivity index (χ2v) is 4.15. The number of rotatable bonds is 3. The van der Waals surface area contributed by atoms with Gasteiger partial charge in [-0.15, -0.1) is 0 Å². The molecule has 0 amide bonds. The SMILES string of the molecule is CC1COC(COc2ccc(F)c(F)c2)CN1. The molecule has 1 N–H and O–H groups in total. The molecule has 1 aliphatic rings. The van der Waals surface area contributed by atoms with Crippen molar-refractivity contribution in [1.82, 2.24) is 5.32 Å². The van der Waals surface area contributed by atoms with Crippen LogP contribution in [0.25, 0.3) is 0 Å². The number of morpholine rings is 1. The van der Waals surface area contributed by atoms with E-state index in [1.165, 1.54) is 6.07 Å². The largest absolute Gasteiger partial charge is 0.491 e. The summed E-state index contributed by atoms with van der Waals surface area (Å²) in [5, 5.41) is 3.25. The third kappa shape index (κ3) is 3.38. The van der Waals surface area contributed by atoms with Gasteiger partial charge in [-0.1, -0.05) is 0 Å². The quantitative estimate of drug-likeness (QED) is 0.876. The minimum atomic E-state index is -0.904. The van der Waals surface area contributed by atoms with E-state index in [4.69, 9.17) is 9.47 Å². The first-order valence-electron chi connectivity index (χ1n) is 5.58. The maximum atomic E-state index is 12.9. The molecule has 2 rings (SSSR count). The first kappa shape index (κ1) is 12.3. The molecule has 0 aliphatic carbocycles. The molecule has 0 aromatic heterocycles. The molecule has 3 nitrogen and oxygen atoms in total. The molecule has 5 heteroatoms. The van der Waals surface area contributed by atoms with E-state index < -0.39 is 11.6 Å². The molecule has 17 heavy (non-hydrogen) atoms. The third-order valence-electron chi connectivity index (χ3n) is 2.60. The zero-order valence-corrected chi connectivity index (χ0v) is 9.58. The van der Waals surface area contributed by atoms with E-state index in [9.17, 15) is 8.78 Å². The Bertz CT molecular complexity index is 379. The van der Waals surface area contributed by atoms with Crippen LogP contribution in [-0.4, -0.2) is 31.9 Å². The van der Waals surface area contributed by atoms with Crippen LogP contribution in [0.3, 0.4) is 0 Å². The lowest BCUT2D eigenvalue weighted by Crippen LogP contribution is -2.46. The van der Waals surface area contributed by atoms with Crippen LogP contribution in [0.1, 0.15) is 6.92 Å². The smallest absolute Gasteiger partial charge is 0.162 e. The number of benzene rings is 1. The van der Waals surface area contributed by atoms with Crippen LogP contribution in [0, 0.1) is 11.6 Å². The van der Waals surface area contributed by atoms with Crippen LogP contribution in [0.4, 0.5) is 8.78 Å². The molecule has 0 saturated carbocycles. The lowest BCUT2D eigenvalue weighted by molar-refractivity contribution is -0.0166. The van der Waals surface area contributed by atoms with Crippen molar-refractivity contribution in [1.29, 1.82) is 0 Å². The van der Waals surface area contributed by atoms with Crippen molar-refractivity contribution in [2.75, 3.05) is 19.8 Å². The van der Waals surface area contributed by atoms with E-state index in [-0.39, 0.29) is 6.10 Å². The predicted octanol–water partition coefficient (Wildman–Crippen LogP) is 1.72. The molecule has 1 saturated heterocycles. The number of hydrogen-bond acceptors (Lipinski definition) is 3. The molecule has 1 aromatic carbocycles. The Morgan fingerprint density at radius 2 is 2.24 bits per heavy atom. The molecule has 0 bridgehead atoms. The van der Waals surface area contributed by atoms with Gasteiger partial charge in [0.25, 0.3) is 0 Å². The highest BCUT2D eigenvalue weighted by molar-refractivity contribution is 5.23. The summed E-state index contributed by atoms with van der Waals surface area (Å²) in [4.78, 5) is 0. The van der Waals surface area contributed by atoms with Crippen LogP contribution in [0.5, 0.6) is 5.75 Å². The van der Waals surface area contributed by atoms with Crippen molar-refractivity contribution in [2.24, 2.45) is 0 Å². The summed E-state index contributed by atoms with van der Waals surface area (Å²) in [7, 11) is 0. The average molecular weight is 243 g/mol. The predicted molar refractivity (Wildman–Crippen MR) is 59.1 cm³/mol. The minimum absolute atomic E-state index is 0.0562. The molecule has 1 aromatic rings. The van der Waals surface area contributed by atoms with Crippen LogP contribution in [-0.2, 0) is 4.74 Å². The van der Waals surface area contributed by atoms with Gasteiger partial charge in [0.05, 0.1) is 6.61 Å². The van der Waals surface area contributed by atoms with Gasteiger partial charge in [0.15, 0.2) is 11.6 Å². The second-order valence-electron chi connectivity index (χ2n) is 4.15. The Kier molecular flexibility index (Phi) is 3.91. The van der Waals surface area contributed by atoms with Gasteiger partial charge >= 0.3 is 0 Å². The second kappa shape index (κ2) is 5.42. The average Bonchev–Trinajstić information content (AvgIpc) is 2.33. The number of hydrogen-bond donors (Lipinski definition) is 1. The first-order chi connectivity index (χ1) is 8.15. The van der Waals surface area contributed by atoms with Crippen LogP contribution >= 0.6 is 0 Å². The van der Waals surface area contributed by atoms with E-state index in [1.807, 2.05) is 6.92 Å². The Morgan fingerprint density at radius 3 is 2.88 bits per heavy atom. The highest BCUT2D eigenvalue weighted by atomic mass is 19.2. The summed E-state index contributed by atoms with van der Waals surface area (Å²) in [5.74, 6) is -1.47. The molecule has 1 fully saturated rings. The number of halogens is 2. The molecule has 2 atom stereocenters. The highest BCUT2D eigenvalue weighted by Gasteiger charge is 2.18. The van der Waals surface area contributed by atoms with Crippen molar-refractivity contribution < 1.29 is 18.3 Å².